The molecule has 0 aliphatic heterocycles. The Labute approximate surface area is 145 Å². The summed E-state index contributed by atoms with van der Waals surface area (Å²) in [7, 11) is -3.48. The van der Waals surface area contributed by atoms with Crippen LogP contribution < -0.4 is 10.0 Å². The Hall–Kier alpha value is -2.94. The molecule has 1 amide bonds. The Morgan fingerprint density at radius 2 is 1.64 bits per heavy atom. The predicted molar refractivity (Wildman–Crippen MR) is 95.4 cm³/mol. The van der Waals surface area contributed by atoms with Gasteiger partial charge in [0.2, 0.25) is 10.0 Å². The molecule has 132 valence electrons. The lowest BCUT2D eigenvalue weighted by Gasteiger charge is -2.13. The maximum atomic E-state index is 12.5. The molecule has 0 aliphatic rings. The highest BCUT2D eigenvalue weighted by Crippen LogP contribution is 2.26. The van der Waals surface area contributed by atoms with Crippen molar-refractivity contribution in [1.29, 1.82) is 0 Å². The number of hydrogen-bond acceptors (Lipinski definition) is 5. The number of carbonyl (C=O) groups is 1. The summed E-state index contributed by atoms with van der Waals surface area (Å²) in [6.07, 6.45) is 1.02. The number of benzene rings is 2. The van der Waals surface area contributed by atoms with Crippen molar-refractivity contribution in [2.75, 3.05) is 16.3 Å². The van der Waals surface area contributed by atoms with Crippen LogP contribution in [0.5, 0.6) is 0 Å². The van der Waals surface area contributed by atoms with E-state index in [4.69, 9.17) is 0 Å². The van der Waals surface area contributed by atoms with Gasteiger partial charge in [-0.1, -0.05) is 12.1 Å². The van der Waals surface area contributed by atoms with Crippen LogP contribution >= 0.6 is 0 Å². The van der Waals surface area contributed by atoms with Gasteiger partial charge in [0, 0.05) is 11.6 Å². The van der Waals surface area contributed by atoms with E-state index in [2.05, 4.69) is 10.0 Å². The Morgan fingerprint density at radius 3 is 2.24 bits per heavy atom. The number of carbonyl (C=O) groups excluding carboxylic acids is 1. The summed E-state index contributed by atoms with van der Waals surface area (Å²) in [5, 5.41) is 13.6. The summed E-state index contributed by atoms with van der Waals surface area (Å²) in [5.41, 5.74) is 1.57. The van der Waals surface area contributed by atoms with Gasteiger partial charge in [0.25, 0.3) is 11.6 Å². The minimum absolute atomic E-state index is 0.0954. The van der Waals surface area contributed by atoms with Crippen LogP contribution in [0.4, 0.5) is 17.1 Å². The summed E-state index contributed by atoms with van der Waals surface area (Å²) in [6.45, 7) is 3.16. The third kappa shape index (κ3) is 4.32. The van der Waals surface area contributed by atoms with Crippen molar-refractivity contribution < 1.29 is 18.1 Å². The van der Waals surface area contributed by atoms with Crippen molar-refractivity contribution in [2.45, 2.75) is 13.8 Å². The van der Waals surface area contributed by atoms with Gasteiger partial charge in [-0.15, -0.1) is 0 Å². The first kappa shape index (κ1) is 18.4. The smallest absolute Gasteiger partial charge is 0.274 e. The number of rotatable bonds is 5. The average Bonchev–Trinajstić information content (AvgIpc) is 2.49. The van der Waals surface area contributed by atoms with Gasteiger partial charge in [-0.05, 0) is 37.6 Å². The van der Waals surface area contributed by atoms with Crippen molar-refractivity contribution in [3.8, 4) is 0 Å². The van der Waals surface area contributed by atoms with E-state index in [1.54, 1.807) is 38.1 Å². The molecule has 0 saturated carbocycles. The summed E-state index contributed by atoms with van der Waals surface area (Å²) < 4.78 is 25.1. The molecule has 0 aliphatic carbocycles. The van der Waals surface area contributed by atoms with Crippen LogP contribution in [0.1, 0.15) is 21.5 Å². The minimum Gasteiger partial charge on any atom is -0.321 e. The van der Waals surface area contributed by atoms with Crippen molar-refractivity contribution >= 4 is 33.0 Å². The fourth-order valence-electron chi connectivity index (χ4n) is 2.34. The Morgan fingerprint density at radius 1 is 1.04 bits per heavy atom. The first-order valence-electron chi connectivity index (χ1n) is 7.23. The van der Waals surface area contributed by atoms with Crippen molar-refractivity contribution in [3.63, 3.8) is 0 Å². The second-order valence-electron chi connectivity index (χ2n) is 5.51. The van der Waals surface area contributed by atoms with Crippen LogP contribution in [-0.2, 0) is 10.0 Å². The van der Waals surface area contributed by atoms with E-state index in [9.17, 15) is 23.3 Å². The third-order valence-corrected chi connectivity index (χ3v) is 4.21. The van der Waals surface area contributed by atoms with Gasteiger partial charge >= 0.3 is 0 Å². The number of nitro benzene ring substituents is 1. The summed E-state index contributed by atoms with van der Waals surface area (Å²) in [5.74, 6) is -0.488. The van der Waals surface area contributed by atoms with E-state index in [1.807, 2.05) is 0 Å². The standard InChI is InChI=1S/C16H17N3O5S/c1-10-12(6-4-8-14(10)18-25(3,23)24)16(20)17-13-7-5-9-15(11(13)2)19(21)22/h4-9,18H,1-3H3,(H,17,20). The van der Waals surface area contributed by atoms with Crippen molar-refractivity contribution in [3.05, 3.63) is 63.2 Å². The minimum atomic E-state index is -3.48. The van der Waals surface area contributed by atoms with Gasteiger partial charge in [-0.2, -0.15) is 0 Å². The Bertz CT molecular complexity index is 954. The lowest BCUT2D eigenvalue weighted by molar-refractivity contribution is -0.385. The highest BCUT2D eigenvalue weighted by molar-refractivity contribution is 7.92. The van der Waals surface area contributed by atoms with Gasteiger partial charge in [0.15, 0.2) is 0 Å². The second kappa shape index (κ2) is 6.89. The monoisotopic (exact) mass is 363 g/mol. The van der Waals surface area contributed by atoms with E-state index >= 15 is 0 Å². The first-order chi connectivity index (χ1) is 11.6. The molecule has 2 rings (SSSR count). The largest absolute Gasteiger partial charge is 0.321 e. The molecular formula is C16H17N3O5S. The van der Waals surface area contributed by atoms with Crippen LogP contribution in [0.3, 0.4) is 0 Å². The molecule has 25 heavy (non-hydrogen) atoms. The quantitative estimate of drug-likeness (QED) is 0.625. The van der Waals surface area contributed by atoms with E-state index < -0.39 is 20.9 Å². The summed E-state index contributed by atoms with van der Waals surface area (Å²) in [6, 6.07) is 9.04. The molecule has 0 unspecified atom stereocenters. The van der Waals surface area contributed by atoms with Gasteiger partial charge in [0.05, 0.1) is 28.1 Å². The summed E-state index contributed by atoms with van der Waals surface area (Å²) in [4.78, 5) is 23.0. The van der Waals surface area contributed by atoms with E-state index in [1.165, 1.54) is 12.1 Å². The predicted octanol–water partition coefficient (Wildman–Crippen LogP) is 2.84. The van der Waals surface area contributed by atoms with E-state index in [0.29, 0.717) is 22.5 Å². The van der Waals surface area contributed by atoms with Crippen LogP contribution in [0.2, 0.25) is 0 Å². The zero-order valence-electron chi connectivity index (χ0n) is 13.9. The molecule has 0 fully saturated rings. The molecule has 0 atom stereocenters. The van der Waals surface area contributed by atoms with E-state index in [-0.39, 0.29) is 11.3 Å². The Kier molecular flexibility index (Phi) is 5.07. The van der Waals surface area contributed by atoms with Gasteiger partial charge in [-0.25, -0.2) is 8.42 Å². The fraction of sp³-hybridized carbons (Fsp3) is 0.188. The molecular weight excluding hydrogens is 346 g/mol. The molecule has 2 N–H and O–H groups in total. The third-order valence-electron chi connectivity index (χ3n) is 3.62. The number of nitrogens with zero attached hydrogens (tertiary/aromatic N) is 1. The SMILES string of the molecule is Cc1c(NS(C)(=O)=O)cccc1C(=O)Nc1cccc([N+](=O)[O-])c1C. The molecule has 2 aromatic rings. The molecule has 9 heteroatoms. The van der Waals surface area contributed by atoms with Crippen LogP contribution in [0.15, 0.2) is 36.4 Å². The molecule has 0 saturated heterocycles. The molecule has 0 bridgehead atoms. The van der Waals surface area contributed by atoms with Gasteiger partial charge < -0.3 is 5.32 Å². The molecule has 8 nitrogen and oxygen atoms in total. The Balaban J connectivity index is 2.35. The number of nitro groups is 1. The maximum Gasteiger partial charge on any atom is 0.274 e. The number of hydrogen-bond donors (Lipinski definition) is 2. The number of sulfonamides is 1. The number of amides is 1. The molecule has 0 radical (unpaired) electrons. The lowest BCUT2D eigenvalue weighted by Crippen LogP contribution is -2.17. The topological polar surface area (TPSA) is 118 Å². The average molecular weight is 363 g/mol. The highest BCUT2D eigenvalue weighted by atomic mass is 32.2. The normalized spacial score (nSPS) is 11.0. The highest BCUT2D eigenvalue weighted by Gasteiger charge is 2.18. The van der Waals surface area contributed by atoms with Crippen molar-refractivity contribution in [2.24, 2.45) is 0 Å². The lowest BCUT2D eigenvalue weighted by atomic mass is 10.1. The zero-order valence-corrected chi connectivity index (χ0v) is 14.7. The molecule has 0 aromatic heterocycles. The maximum absolute atomic E-state index is 12.5. The first-order valence-corrected chi connectivity index (χ1v) is 9.12. The van der Waals surface area contributed by atoms with Gasteiger partial charge in [-0.3, -0.25) is 19.6 Å². The van der Waals surface area contributed by atoms with E-state index in [0.717, 1.165) is 6.26 Å². The van der Waals surface area contributed by atoms with Crippen molar-refractivity contribution in [1.82, 2.24) is 0 Å². The van der Waals surface area contributed by atoms with Crippen LogP contribution in [0, 0.1) is 24.0 Å². The molecule has 0 spiro atoms. The number of nitrogens with one attached hydrogen (secondary N) is 2. The number of anilines is 2. The van der Waals surface area contributed by atoms with Gasteiger partial charge in [0.1, 0.15) is 0 Å². The second-order valence-corrected chi connectivity index (χ2v) is 7.26. The zero-order chi connectivity index (χ0) is 18.8. The van der Waals surface area contributed by atoms with Crippen LogP contribution in [0.25, 0.3) is 0 Å². The molecule has 0 heterocycles. The van der Waals surface area contributed by atoms with Crippen LogP contribution in [-0.4, -0.2) is 25.5 Å². The molecule has 2 aromatic carbocycles. The summed E-state index contributed by atoms with van der Waals surface area (Å²) >= 11 is 0. The fourth-order valence-corrected chi connectivity index (χ4v) is 2.96.